The van der Waals surface area contributed by atoms with Gasteiger partial charge in [-0.25, -0.2) is 0 Å². The highest BCUT2D eigenvalue weighted by molar-refractivity contribution is 6.04. The molecule has 3 rings (SSSR count). The second kappa shape index (κ2) is 7.07. The lowest BCUT2D eigenvalue weighted by atomic mass is 9.80. The molecule has 0 bridgehead atoms. The number of fused-ring (bicyclic) bond motifs is 1. The zero-order valence-electron chi connectivity index (χ0n) is 13.2. The van der Waals surface area contributed by atoms with Gasteiger partial charge in [0.1, 0.15) is 0 Å². The summed E-state index contributed by atoms with van der Waals surface area (Å²) in [5, 5.41) is 17.6. The second-order valence-corrected chi connectivity index (χ2v) is 6.25. The van der Waals surface area contributed by atoms with Crippen LogP contribution in [0.25, 0.3) is 0 Å². The summed E-state index contributed by atoms with van der Waals surface area (Å²) < 4.78 is 0. The molecule has 0 amide bonds. The first-order chi connectivity index (χ1) is 10.8. The van der Waals surface area contributed by atoms with Crippen molar-refractivity contribution in [2.24, 2.45) is 11.0 Å². The highest BCUT2D eigenvalue weighted by Gasteiger charge is 2.27. The van der Waals surface area contributed by atoms with E-state index in [0.717, 1.165) is 44.4 Å². The summed E-state index contributed by atoms with van der Waals surface area (Å²) in [6, 6.07) is 8.67. The van der Waals surface area contributed by atoms with Gasteiger partial charge in [0, 0.05) is 18.7 Å². The molecule has 0 radical (unpaired) electrons. The average molecular weight is 299 g/mol. The molecule has 2 atom stereocenters. The highest BCUT2D eigenvalue weighted by atomic mass is 16.3. The maximum absolute atomic E-state index is 9.88. The Morgan fingerprint density at radius 1 is 1.23 bits per heavy atom. The van der Waals surface area contributed by atoms with Gasteiger partial charge in [0.15, 0.2) is 0 Å². The van der Waals surface area contributed by atoms with Gasteiger partial charge in [-0.2, -0.15) is 5.10 Å². The topological polar surface area (TPSA) is 56.7 Å². The summed E-state index contributed by atoms with van der Waals surface area (Å²) in [4.78, 5) is 0. The molecule has 1 aliphatic carbocycles. The first kappa shape index (κ1) is 15.3. The summed E-state index contributed by atoms with van der Waals surface area (Å²) in [7, 11) is 1.96. The summed E-state index contributed by atoms with van der Waals surface area (Å²) in [5.41, 5.74) is 8.07. The van der Waals surface area contributed by atoms with Crippen molar-refractivity contribution >= 4 is 5.71 Å². The third kappa shape index (κ3) is 3.39. The van der Waals surface area contributed by atoms with Gasteiger partial charge in [-0.15, -0.1) is 0 Å². The van der Waals surface area contributed by atoms with E-state index in [0.29, 0.717) is 5.92 Å². The van der Waals surface area contributed by atoms with E-state index in [1.807, 2.05) is 13.2 Å². The smallest absolute Gasteiger partial charge is 0.0751 e. The Morgan fingerprint density at radius 3 is 2.82 bits per heavy atom. The summed E-state index contributed by atoms with van der Waals surface area (Å²) in [5.74, 6) is 0.393. The molecule has 1 saturated carbocycles. The van der Waals surface area contributed by atoms with Gasteiger partial charge in [-0.3, -0.25) is 5.43 Å². The van der Waals surface area contributed by atoms with E-state index in [-0.39, 0.29) is 6.10 Å². The number of rotatable bonds is 3. The van der Waals surface area contributed by atoms with E-state index in [2.05, 4.69) is 40.1 Å². The molecule has 3 N–H and O–H groups in total. The van der Waals surface area contributed by atoms with Crippen LogP contribution in [0.2, 0.25) is 0 Å². The number of hydrazone groups is 1. The molecular weight excluding hydrogens is 274 g/mol. The predicted octanol–water partition coefficient (Wildman–Crippen LogP) is 2.54. The standard InChI is InChI=1S/C18H25N3O/c1-19-11-13-5-7-14(8-6-13)18-17-4-2-3-16(22)10-9-15(17)12-20-21-18/h5-8,12,16-17,19-20,22H,2-4,9-11H2,1H3. The molecule has 118 valence electrons. The van der Waals surface area contributed by atoms with Gasteiger partial charge in [0.05, 0.1) is 11.8 Å². The molecule has 22 heavy (non-hydrogen) atoms. The van der Waals surface area contributed by atoms with Crippen LogP contribution in [0.1, 0.15) is 43.2 Å². The van der Waals surface area contributed by atoms with Gasteiger partial charge in [0.25, 0.3) is 0 Å². The Bertz CT molecular complexity index is 562. The number of hydrogen-bond acceptors (Lipinski definition) is 4. The first-order valence-corrected chi connectivity index (χ1v) is 8.22. The number of hydrogen-bond donors (Lipinski definition) is 3. The van der Waals surface area contributed by atoms with Gasteiger partial charge >= 0.3 is 0 Å². The zero-order valence-corrected chi connectivity index (χ0v) is 13.2. The van der Waals surface area contributed by atoms with E-state index >= 15 is 0 Å². The lowest BCUT2D eigenvalue weighted by molar-refractivity contribution is 0.145. The lowest BCUT2D eigenvalue weighted by Gasteiger charge is -2.29. The molecule has 4 heteroatoms. The molecule has 1 aliphatic heterocycles. The van der Waals surface area contributed by atoms with Crippen LogP contribution < -0.4 is 10.7 Å². The fourth-order valence-electron chi connectivity index (χ4n) is 3.41. The van der Waals surface area contributed by atoms with Crippen molar-refractivity contribution in [3.05, 3.63) is 47.2 Å². The molecule has 0 aromatic heterocycles. The minimum atomic E-state index is -0.148. The van der Waals surface area contributed by atoms with E-state index in [1.165, 1.54) is 16.7 Å². The Hall–Kier alpha value is -1.65. The van der Waals surface area contributed by atoms with E-state index in [4.69, 9.17) is 0 Å². The SMILES string of the molecule is CNCc1ccc(C2=NNC=C3CCC(O)CCCC32)cc1. The van der Waals surface area contributed by atoms with Crippen molar-refractivity contribution in [3.8, 4) is 0 Å². The van der Waals surface area contributed by atoms with Crippen molar-refractivity contribution in [2.45, 2.75) is 44.8 Å². The van der Waals surface area contributed by atoms with Gasteiger partial charge in [0.2, 0.25) is 0 Å². The maximum atomic E-state index is 9.88. The summed E-state index contributed by atoms with van der Waals surface area (Å²) >= 11 is 0. The third-order valence-electron chi connectivity index (χ3n) is 4.64. The molecule has 4 nitrogen and oxygen atoms in total. The van der Waals surface area contributed by atoms with Crippen LogP contribution >= 0.6 is 0 Å². The fraction of sp³-hybridized carbons (Fsp3) is 0.500. The molecule has 0 spiro atoms. The molecule has 1 fully saturated rings. The van der Waals surface area contributed by atoms with Crippen LogP contribution in [0.4, 0.5) is 0 Å². The van der Waals surface area contributed by atoms with Crippen molar-refractivity contribution in [1.82, 2.24) is 10.7 Å². The number of nitrogens with one attached hydrogen (secondary N) is 2. The molecular formula is C18H25N3O. The molecule has 1 aromatic rings. The molecule has 1 aromatic carbocycles. The number of benzene rings is 1. The number of allylic oxidation sites excluding steroid dienone is 1. The van der Waals surface area contributed by atoms with E-state index < -0.39 is 0 Å². The van der Waals surface area contributed by atoms with Crippen LogP contribution in [-0.4, -0.2) is 24.0 Å². The summed E-state index contributed by atoms with van der Waals surface area (Å²) in [6.45, 7) is 0.886. The summed E-state index contributed by atoms with van der Waals surface area (Å²) in [6.07, 6.45) is 6.73. The Balaban J connectivity index is 1.79. The quantitative estimate of drug-likeness (QED) is 0.804. The third-order valence-corrected chi connectivity index (χ3v) is 4.64. The van der Waals surface area contributed by atoms with Crippen LogP contribution in [0, 0.1) is 5.92 Å². The lowest BCUT2D eigenvalue weighted by Crippen LogP contribution is -2.28. The molecule has 0 saturated heterocycles. The van der Waals surface area contributed by atoms with Crippen molar-refractivity contribution in [1.29, 1.82) is 0 Å². The number of aliphatic hydroxyl groups is 1. The van der Waals surface area contributed by atoms with Crippen LogP contribution in [0.15, 0.2) is 41.1 Å². The largest absolute Gasteiger partial charge is 0.393 e. The average Bonchev–Trinajstić information content (AvgIpc) is 2.52. The first-order valence-electron chi connectivity index (χ1n) is 8.22. The van der Waals surface area contributed by atoms with Gasteiger partial charge in [-0.05, 0) is 55.9 Å². The van der Waals surface area contributed by atoms with Crippen LogP contribution in [0.5, 0.6) is 0 Å². The highest BCUT2D eigenvalue weighted by Crippen LogP contribution is 2.32. The number of nitrogens with zero attached hydrogens (tertiary/aromatic N) is 1. The van der Waals surface area contributed by atoms with Crippen molar-refractivity contribution < 1.29 is 5.11 Å². The second-order valence-electron chi connectivity index (χ2n) is 6.25. The van der Waals surface area contributed by atoms with Crippen molar-refractivity contribution in [2.75, 3.05) is 7.05 Å². The molecule has 2 unspecified atom stereocenters. The Kier molecular flexibility index (Phi) is 4.90. The van der Waals surface area contributed by atoms with Gasteiger partial charge in [-0.1, -0.05) is 24.3 Å². The van der Waals surface area contributed by atoms with Crippen LogP contribution in [-0.2, 0) is 6.54 Å². The normalized spacial score (nSPS) is 25.2. The monoisotopic (exact) mass is 299 g/mol. The van der Waals surface area contributed by atoms with Crippen LogP contribution in [0.3, 0.4) is 0 Å². The number of aliphatic hydroxyl groups excluding tert-OH is 1. The fourth-order valence-corrected chi connectivity index (χ4v) is 3.41. The van der Waals surface area contributed by atoms with E-state index in [1.54, 1.807) is 0 Å². The molecule has 2 aliphatic rings. The zero-order chi connectivity index (χ0) is 15.4. The maximum Gasteiger partial charge on any atom is 0.0751 e. The van der Waals surface area contributed by atoms with E-state index in [9.17, 15) is 5.11 Å². The predicted molar refractivity (Wildman–Crippen MR) is 89.5 cm³/mol. The van der Waals surface area contributed by atoms with Gasteiger partial charge < -0.3 is 10.4 Å². The molecule has 1 heterocycles. The minimum Gasteiger partial charge on any atom is -0.393 e. The van der Waals surface area contributed by atoms with Crippen molar-refractivity contribution in [3.63, 3.8) is 0 Å². The Labute approximate surface area is 132 Å². The Morgan fingerprint density at radius 2 is 2.05 bits per heavy atom. The minimum absolute atomic E-state index is 0.148.